The zero-order valence-corrected chi connectivity index (χ0v) is 10.7. The Kier molecular flexibility index (Phi) is 4.36. The van der Waals surface area contributed by atoms with Gasteiger partial charge < -0.3 is 9.84 Å². The molecule has 0 saturated carbocycles. The van der Waals surface area contributed by atoms with Crippen LogP contribution in [0.4, 0.5) is 0 Å². The van der Waals surface area contributed by atoms with E-state index in [1.807, 2.05) is 31.2 Å². The number of para-hydroxylation sites is 1. The Bertz CT molecular complexity index is 333. The maximum absolute atomic E-state index is 10.5. The minimum Gasteiger partial charge on any atom is -0.496 e. The Morgan fingerprint density at radius 2 is 1.94 bits per heavy atom. The molecule has 1 aromatic rings. The van der Waals surface area contributed by atoms with Gasteiger partial charge in [0.05, 0.1) is 12.7 Å². The molecule has 0 heterocycles. The summed E-state index contributed by atoms with van der Waals surface area (Å²) in [6.07, 6.45) is 1.40. The van der Waals surface area contributed by atoms with E-state index in [1.165, 1.54) is 0 Å². The molecular weight excluding hydrogens is 200 g/mol. The molecule has 2 nitrogen and oxygen atoms in total. The van der Waals surface area contributed by atoms with E-state index in [4.69, 9.17) is 4.74 Å². The highest BCUT2D eigenvalue weighted by atomic mass is 16.5. The molecular formula is C14H22O2. The van der Waals surface area contributed by atoms with Crippen LogP contribution in [0.25, 0.3) is 0 Å². The van der Waals surface area contributed by atoms with Crippen LogP contribution in [0.3, 0.4) is 0 Å². The third-order valence-corrected chi connectivity index (χ3v) is 3.38. The van der Waals surface area contributed by atoms with Crippen LogP contribution in [0.15, 0.2) is 24.3 Å². The lowest BCUT2D eigenvalue weighted by Gasteiger charge is -2.31. The molecule has 1 aromatic carbocycles. The Morgan fingerprint density at radius 3 is 2.44 bits per heavy atom. The Morgan fingerprint density at radius 1 is 1.31 bits per heavy atom. The standard InChI is InChI=1S/C14H22O2/c1-5-14(15,11(2)3)10-12-8-6-7-9-13(12)16-4/h6-9,11,15H,5,10H2,1-4H3. The molecule has 0 aliphatic carbocycles. The highest BCUT2D eigenvalue weighted by Gasteiger charge is 2.29. The summed E-state index contributed by atoms with van der Waals surface area (Å²) in [4.78, 5) is 0. The Labute approximate surface area is 98.3 Å². The zero-order chi connectivity index (χ0) is 12.2. The van der Waals surface area contributed by atoms with Crippen molar-refractivity contribution in [2.75, 3.05) is 7.11 Å². The van der Waals surface area contributed by atoms with Crippen LogP contribution in [-0.2, 0) is 6.42 Å². The maximum atomic E-state index is 10.5. The molecule has 90 valence electrons. The van der Waals surface area contributed by atoms with Crippen molar-refractivity contribution in [3.05, 3.63) is 29.8 Å². The average molecular weight is 222 g/mol. The van der Waals surface area contributed by atoms with Crippen LogP contribution in [0.1, 0.15) is 32.8 Å². The van der Waals surface area contributed by atoms with E-state index >= 15 is 0 Å². The second-order valence-corrected chi connectivity index (χ2v) is 4.60. The monoisotopic (exact) mass is 222 g/mol. The van der Waals surface area contributed by atoms with Crippen LogP contribution in [0.2, 0.25) is 0 Å². The number of benzene rings is 1. The first kappa shape index (κ1) is 13.0. The van der Waals surface area contributed by atoms with Crippen molar-refractivity contribution < 1.29 is 9.84 Å². The second-order valence-electron chi connectivity index (χ2n) is 4.60. The summed E-state index contributed by atoms with van der Waals surface area (Å²) >= 11 is 0. The highest BCUT2D eigenvalue weighted by molar-refractivity contribution is 5.34. The first-order chi connectivity index (χ1) is 7.53. The molecule has 0 amide bonds. The SMILES string of the molecule is CCC(O)(Cc1ccccc1OC)C(C)C. The van der Waals surface area contributed by atoms with Gasteiger partial charge >= 0.3 is 0 Å². The van der Waals surface area contributed by atoms with Gasteiger partial charge in [-0.2, -0.15) is 0 Å². The van der Waals surface area contributed by atoms with Crippen LogP contribution < -0.4 is 4.74 Å². The molecule has 0 aliphatic heterocycles. The fraction of sp³-hybridized carbons (Fsp3) is 0.571. The lowest BCUT2D eigenvalue weighted by Crippen LogP contribution is -2.36. The van der Waals surface area contributed by atoms with Gasteiger partial charge in [0.2, 0.25) is 0 Å². The van der Waals surface area contributed by atoms with E-state index in [-0.39, 0.29) is 5.92 Å². The summed E-state index contributed by atoms with van der Waals surface area (Å²) in [5, 5.41) is 10.5. The molecule has 1 atom stereocenters. The van der Waals surface area contributed by atoms with Gasteiger partial charge in [0, 0.05) is 6.42 Å². The predicted octanol–water partition coefficient (Wildman–Crippen LogP) is 3.03. The molecule has 0 radical (unpaired) electrons. The predicted molar refractivity (Wildman–Crippen MR) is 66.8 cm³/mol. The van der Waals surface area contributed by atoms with Gasteiger partial charge in [-0.05, 0) is 24.0 Å². The van der Waals surface area contributed by atoms with Gasteiger partial charge in [0.1, 0.15) is 5.75 Å². The lowest BCUT2D eigenvalue weighted by atomic mass is 9.82. The number of methoxy groups -OCH3 is 1. The topological polar surface area (TPSA) is 29.5 Å². The Balaban J connectivity index is 2.94. The van der Waals surface area contributed by atoms with E-state index in [0.29, 0.717) is 6.42 Å². The summed E-state index contributed by atoms with van der Waals surface area (Å²) in [5.41, 5.74) is 0.428. The van der Waals surface area contributed by atoms with Crippen molar-refractivity contribution in [1.82, 2.24) is 0 Å². The van der Waals surface area contributed by atoms with E-state index < -0.39 is 5.60 Å². The van der Waals surface area contributed by atoms with Crippen LogP contribution in [-0.4, -0.2) is 17.8 Å². The molecule has 1 unspecified atom stereocenters. The normalized spacial score (nSPS) is 14.9. The zero-order valence-electron chi connectivity index (χ0n) is 10.7. The molecule has 1 N–H and O–H groups in total. The van der Waals surface area contributed by atoms with E-state index in [0.717, 1.165) is 17.7 Å². The number of hydrogen-bond donors (Lipinski definition) is 1. The van der Waals surface area contributed by atoms with Crippen molar-refractivity contribution in [1.29, 1.82) is 0 Å². The number of aliphatic hydroxyl groups is 1. The third-order valence-electron chi connectivity index (χ3n) is 3.38. The van der Waals surface area contributed by atoms with Crippen molar-refractivity contribution in [3.63, 3.8) is 0 Å². The summed E-state index contributed by atoms with van der Waals surface area (Å²) in [7, 11) is 1.67. The summed E-state index contributed by atoms with van der Waals surface area (Å²) in [6.45, 7) is 6.13. The first-order valence-corrected chi connectivity index (χ1v) is 5.87. The molecule has 2 heteroatoms. The summed E-state index contributed by atoms with van der Waals surface area (Å²) < 4.78 is 5.30. The highest BCUT2D eigenvalue weighted by Crippen LogP contribution is 2.29. The van der Waals surface area contributed by atoms with Crippen molar-refractivity contribution >= 4 is 0 Å². The molecule has 0 bridgehead atoms. The second kappa shape index (κ2) is 5.35. The van der Waals surface area contributed by atoms with Crippen LogP contribution >= 0.6 is 0 Å². The van der Waals surface area contributed by atoms with Crippen LogP contribution in [0.5, 0.6) is 5.75 Å². The number of ether oxygens (including phenoxy) is 1. The molecule has 0 saturated heterocycles. The van der Waals surface area contributed by atoms with E-state index in [1.54, 1.807) is 7.11 Å². The van der Waals surface area contributed by atoms with Gasteiger partial charge in [-0.3, -0.25) is 0 Å². The number of rotatable bonds is 5. The largest absolute Gasteiger partial charge is 0.496 e. The fourth-order valence-corrected chi connectivity index (χ4v) is 1.92. The van der Waals surface area contributed by atoms with Crippen molar-refractivity contribution in [3.8, 4) is 5.75 Å². The molecule has 16 heavy (non-hydrogen) atoms. The number of hydrogen-bond acceptors (Lipinski definition) is 2. The minimum absolute atomic E-state index is 0.238. The summed E-state index contributed by atoms with van der Waals surface area (Å²) in [5.74, 6) is 1.09. The quantitative estimate of drug-likeness (QED) is 0.829. The third kappa shape index (κ3) is 2.76. The molecule has 0 fully saturated rings. The van der Waals surface area contributed by atoms with Gasteiger partial charge in [0.25, 0.3) is 0 Å². The minimum atomic E-state index is -0.644. The van der Waals surface area contributed by atoms with Gasteiger partial charge in [-0.15, -0.1) is 0 Å². The molecule has 0 aromatic heterocycles. The first-order valence-electron chi connectivity index (χ1n) is 5.87. The fourth-order valence-electron chi connectivity index (χ4n) is 1.92. The Hall–Kier alpha value is -1.02. The van der Waals surface area contributed by atoms with Gasteiger partial charge in [0.15, 0.2) is 0 Å². The van der Waals surface area contributed by atoms with Crippen molar-refractivity contribution in [2.24, 2.45) is 5.92 Å². The molecule has 1 rings (SSSR count). The summed E-state index contributed by atoms with van der Waals surface area (Å²) in [6, 6.07) is 7.88. The van der Waals surface area contributed by atoms with Gasteiger partial charge in [-0.25, -0.2) is 0 Å². The molecule has 0 aliphatic rings. The van der Waals surface area contributed by atoms with Crippen molar-refractivity contribution in [2.45, 2.75) is 39.2 Å². The maximum Gasteiger partial charge on any atom is 0.122 e. The molecule has 0 spiro atoms. The van der Waals surface area contributed by atoms with Crippen LogP contribution in [0, 0.1) is 5.92 Å². The average Bonchev–Trinajstić information content (AvgIpc) is 2.29. The van der Waals surface area contributed by atoms with E-state index in [9.17, 15) is 5.11 Å². The van der Waals surface area contributed by atoms with Gasteiger partial charge in [-0.1, -0.05) is 39.0 Å². The smallest absolute Gasteiger partial charge is 0.122 e. The lowest BCUT2D eigenvalue weighted by molar-refractivity contribution is -0.00870. The van der Waals surface area contributed by atoms with E-state index in [2.05, 4.69) is 13.8 Å².